The number of esters is 1. The number of aliphatic hydroxyl groups is 1. The quantitative estimate of drug-likeness (QED) is 0.240. The van der Waals surface area contributed by atoms with E-state index in [0.29, 0.717) is 48.9 Å². The highest BCUT2D eigenvalue weighted by molar-refractivity contribution is 7.26. The molecule has 0 aliphatic carbocycles. The van der Waals surface area contributed by atoms with E-state index in [-0.39, 0.29) is 18.5 Å². The van der Waals surface area contributed by atoms with Crippen LogP contribution < -0.4 is 20.4 Å². The fourth-order valence-corrected chi connectivity index (χ4v) is 6.54. The Labute approximate surface area is 250 Å². The van der Waals surface area contributed by atoms with Gasteiger partial charge in [-0.2, -0.15) is 0 Å². The molecule has 0 radical (unpaired) electrons. The van der Waals surface area contributed by atoms with Crippen LogP contribution in [0, 0.1) is 0 Å². The van der Waals surface area contributed by atoms with Gasteiger partial charge in [0.25, 0.3) is 0 Å². The highest BCUT2D eigenvalue weighted by atomic mass is 32.1. The van der Waals surface area contributed by atoms with E-state index in [1.165, 1.54) is 7.11 Å². The number of amides is 1. The summed E-state index contributed by atoms with van der Waals surface area (Å²) in [6.45, 7) is 1.92. The maximum absolute atomic E-state index is 13.2. The fraction of sp³-hybridized carbons (Fsp3) is 0.281. The highest BCUT2D eigenvalue weighted by Gasteiger charge is 2.22. The van der Waals surface area contributed by atoms with Gasteiger partial charge in [-0.15, -0.1) is 11.3 Å². The summed E-state index contributed by atoms with van der Waals surface area (Å²) in [7, 11) is 1.19. The lowest BCUT2D eigenvalue weighted by atomic mass is 10.00. The summed E-state index contributed by atoms with van der Waals surface area (Å²) in [5, 5.41) is 14.2. The number of hydrogen-bond acceptors (Lipinski definition) is 10. The Hall–Kier alpha value is -4.45. The normalized spacial score (nSPS) is 14.2. The summed E-state index contributed by atoms with van der Waals surface area (Å²) in [6, 6.07) is 17.8. The summed E-state index contributed by atoms with van der Waals surface area (Å²) in [6.07, 6.45) is -0.0302. The molecule has 1 aliphatic rings. The molecule has 43 heavy (non-hydrogen) atoms. The molecule has 10 nitrogen and oxygen atoms in total. The summed E-state index contributed by atoms with van der Waals surface area (Å²) >= 11 is 1.61. The SMILES string of the molecule is COC(=O)[C@@H](CO)NC(=O)CCOc1ccc(-c2cccc3c(=O)cc(N4CCOCC4)oc23)c2sc3ccccc3c12. The van der Waals surface area contributed by atoms with Crippen LogP contribution in [0.3, 0.4) is 0 Å². The van der Waals surface area contributed by atoms with Gasteiger partial charge in [-0.1, -0.05) is 30.3 Å². The van der Waals surface area contributed by atoms with Crippen molar-refractivity contribution in [3.63, 3.8) is 0 Å². The van der Waals surface area contributed by atoms with Crippen molar-refractivity contribution in [1.29, 1.82) is 0 Å². The van der Waals surface area contributed by atoms with Crippen molar-refractivity contribution in [2.24, 2.45) is 0 Å². The van der Waals surface area contributed by atoms with Crippen LogP contribution in [0.1, 0.15) is 6.42 Å². The number of hydrogen-bond donors (Lipinski definition) is 2. The summed E-state index contributed by atoms with van der Waals surface area (Å²) in [5.41, 5.74) is 2.11. The van der Waals surface area contributed by atoms with Gasteiger partial charge in [0.05, 0.1) is 45.3 Å². The van der Waals surface area contributed by atoms with Crippen molar-refractivity contribution in [1.82, 2.24) is 5.32 Å². The summed E-state index contributed by atoms with van der Waals surface area (Å²) < 4.78 is 24.7. The number of thiophene rings is 1. The molecule has 0 unspecified atom stereocenters. The van der Waals surface area contributed by atoms with Gasteiger partial charge in [0.2, 0.25) is 5.91 Å². The van der Waals surface area contributed by atoms with Gasteiger partial charge < -0.3 is 34.0 Å². The molecule has 1 atom stereocenters. The largest absolute Gasteiger partial charge is 0.492 e. The molecule has 3 heterocycles. The van der Waals surface area contributed by atoms with Crippen LogP contribution in [0.25, 0.3) is 42.3 Å². The number of fused-ring (bicyclic) bond motifs is 4. The molecule has 1 saturated heterocycles. The van der Waals surface area contributed by atoms with Crippen LogP contribution in [0.15, 0.2) is 69.9 Å². The predicted molar refractivity (Wildman–Crippen MR) is 165 cm³/mol. The minimum atomic E-state index is -1.13. The van der Waals surface area contributed by atoms with Crippen LogP contribution in [0.5, 0.6) is 5.75 Å². The van der Waals surface area contributed by atoms with E-state index in [4.69, 9.17) is 13.9 Å². The van der Waals surface area contributed by atoms with Gasteiger partial charge in [0, 0.05) is 50.5 Å². The molecule has 1 fully saturated rings. The second kappa shape index (κ2) is 12.4. The number of carbonyl (C=O) groups excluding carboxylic acids is 2. The molecule has 11 heteroatoms. The molecule has 3 aromatic carbocycles. The number of rotatable bonds is 9. The lowest BCUT2D eigenvalue weighted by molar-refractivity contribution is -0.146. The number of nitrogens with one attached hydrogen (secondary N) is 1. The molecule has 0 saturated carbocycles. The fourth-order valence-electron chi connectivity index (χ4n) is 5.29. The number of para-hydroxylation sites is 1. The van der Waals surface area contributed by atoms with E-state index in [1.54, 1.807) is 23.5 Å². The lowest BCUT2D eigenvalue weighted by Crippen LogP contribution is -2.44. The van der Waals surface area contributed by atoms with Crippen molar-refractivity contribution in [3.05, 3.63) is 70.9 Å². The third-order valence-electron chi connectivity index (χ3n) is 7.43. The maximum atomic E-state index is 13.2. The lowest BCUT2D eigenvalue weighted by Gasteiger charge is -2.27. The third-order valence-corrected chi connectivity index (χ3v) is 8.64. The number of anilines is 1. The molecule has 6 rings (SSSR count). The van der Waals surface area contributed by atoms with Gasteiger partial charge in [0.1, 0.15) is 11.3 Å². The molecule has 222 valence electrons. The first-order chi connectivity index (χ1) is 21.0. The van der Waals surface area contributed by atoms with E-state index >= 15 is 0 Å². The van der Waals surface area contributed by atoms with Crippen molar-refractivity contribution in [2.75, 3.05) is 51.5 Å². The van der Waals surface area contributed by atoms with Gasteiger partial charge in [-0.3, -0.25) is 9.59 Å². The average molecular weight is 603 g/mol. The molecule has 1 aliphatic heterocycles. The topological polar surface area (TPSA) is 128 Å². The average Bonchev–Trinajstić information content (AvgIpc) is 3.44. The molecule has 5 aromatic rings. The van der Waals surface area contributed by atoms with Crippen LogP contribution in [-0.4, -0.2) is 69.7 Å². The zero-order valence-corrected chi connectivity index (χ0v) is 24.3. The van der Waals surface area contributed by atoms with Crippen LogP contribution >= 0.6 is 11.3 Å². The molecule has 0 spiro atoms. The predicted octanol–water partition coefficient (Wildman–Crippen LogP) is 4.08. The summed E-state index contributed by atoms with van der Waals surface area (Å²) in [5.74, 6) is -0.0458. The molecular formula is C32H30N2O8S. The number of benzene rings is 3. The smallest absolute Gasteiger partial charge is 0.330 e. The van der Waals surface area contributed by atoms with E-state index in [1.807, 2.05) is 53.4 Å². The van der Waals surface area contributed by atoms with Crippen molar-refractivity contribution in [3.8, 4) is 16.9 Å². The second-order valence-electron chi connectivity index (χ2n) is 10.1. The van der Waals surface area contributed by atoms with E-state index in [2.05, 4.69) is 10.1 Å². The molecule has 2 aromatic heterocycles. The zero-order valence-electron chi connectivity index (χ0n) is 23.5. The van der Waals surface area contributed by atoms with Crippen molar-refractivity contribution in [2.45, 2.75) is 12.5 Å². The standard InChI is InChI=1S/C32H30N2O8S/c1-39-32(38)23(18-35)33-27(37)11-14-41-25-10-9-20(31-29(25)22-5-2-3-8-26(22)43-31)19-6-4-7-21-24(36)17-28(42-30(19)21)34-12-15-40-16-13-34/h2-10,17,23,35H,11-16,18H2,1H3,(H,33,37)/t23-/m1/s1. The molecular weight excluding hydrogens is 572 g/mol. The Morgan fingerprint density at radius 3 is 2.63 bits per heavy atom. The Bertz CT molecular complexity index is 1870. The second-order valence-corrected chi connectivity index (χ2v) is 11.1. The monoisotopic (exact) mass is 602 g/mol. The van der Waals surface area contributed by atoms with Crippen LogP contribution in [0.2, 0.25) is 0 Å². The Balaban J connectivity index is 1.37. The molecule has 1 amide bonds. The number of aliphatic hydroxyl groups excluding tert-OH is 1. The molecule has 0 bridgehead atoms. The first-order valence-electron chi connectivity index (χ1n) is 13.9. The van der Waals surface area contributed by atoms with Crippen LogP contribution in [0.4, 0.5) is 5.88 Å². The van der Waals surface area contributed by atoms with Gasteiger partial charge >= 0.3 is 5.97 Å². The zero-order chi connectivity index (χ0) is 29.9. The Morgan fingerprint density at radius 1 is 1.05 bits per heavy atom. The third kappa shape index (κ3) is 5.66. The van der Waals surface area contributed by atoms with Crippen LogP contribution in [-0.2, 0) is 19.1 Å². The van der Waals surface area contributed by atoms with Gasteiger partial charge in [-0.25, -0.2) is 4.79 Å². The summed E-state index contributed by atoms with van der Waals surface area (Å²) in [4.78, 5) is 39.3. The van der Waals surface area contributed by atoms with Gasteiger partial charge in [-0.05, 0) is 24.3 Å². The first kappa shape index (κ1) is 28.7. The number of nitrogens with zero attached hydrogens (tertiary/aromatic N) is 1. The number of carbonyl (C=O) groups is 2. The number of methoxy groups -OCH3 is 1. The van der Waals surface area contributed by atoms with Crippen molar-refractivity contribution >= 4 is 60.2 Å². The highest BCUT2D eigenvalue weighted by Crippen LogP contribution is 2.45. The Kier molecular flexibility index (Phi) is 8.28. The molecule has 2 N–H and O–H groups in total. The van der Waals surface area contributed by atoms with E-state index in [0.717, 1.165) is 31.3 Å². The van der Waals surface area contributed by atoms with E-state index in [9.17, 15) is 19.5 Å². The van der Waals surface area contributed by atoms with Gasteiger partial charge in [0.15, 0.2) is 17.4 Å². The minimum absolute atomic E-state index is 0.0302. The first-order valence-corrected chi connectivity index (χ1v) is 14.7. The minimum Gasteiger partial charge on any atom is -0.492 e. The van der Waals surface area contributed by atoms with E-state index < -0.39 is 24.5 Å². The maximum Gasteiger partial charge on any atom is 0.330 e. The number of ether oxygens (including phenoxy) is 3. The number of morpholine rings is 1. The van der Waals surface area contributed by atoms with Crippen molar-refractivity contribution < 1.29 is 33.3 Å². The Morgan fingerprint density at radius 2 is 1.84 bits per heavy atom.